The van der Waals surface area contributed by atoms with Crippen molar-refractivity contribution in [3.63, 3.8) is 0 Å². The lowest BCUT2D eigenvalue weighted by Crippen LogP contribution is -2.33. The standard InChI is InChI=1S/C27H32N2O3/c1-6-28-22-13-24-20(11-16(22)4)26(18-9-8-15(3)10-19(18)27(30)31)21-12-17(5)23(29-7-2)14-25(21)32-24/h8-11,13-14,17,21,26,28H,6-7,12H2,1-5H3,(H,30,31). The zero-order chi connectivity index (χ0) is 23.0. The number of benzene rings is 2. The molecule has 2 N–H and O–H groups in total. The predicted octanol–water partition coefficient (Wildman–Crippen LogP) is 5.96. The second kappa shape index (κ2) is 8.81. The fourth-order valence-electron chi connectivity index (χ4n) is 5.08. The molecule has 3 atom stereocenters. The SMILES string of the molecule is CCN=C1C=C2Oc3cc(NCC)c(C)cc3C(c3ccc(C)cc3C(=O)O)C2CC1C. The smallest absolute Gasteiger partial charge is 0.335 e. The average molecular weight is 433 g/mol. The fraction of sp³-hybridized carbons (Fsp3) is 0.407. The highest BCUT2D eigenvalue weighted by atomic mass is 16.5. The minimum absolute atomic E-state index is 0.0681. The molecule has 168 valence electrons. The molecule has 1 heterocycles. The summed E-state index contributed by atoms with van der Waals surface area (Å²) in [5.41, 5.74) is 6.45. The second-order valence-electron chi connectivity index (χ2n) is 8.90. The Morgan fingerprint density at radius 1 is 1.19 bits per heavy atom. The van der Waals surface area contributed by atoms with Crippen LogP contribution in [0, 0.1) is 25.7 Å². The lowest BCUT2D eigenvalue weighted by atomic mass is 9.69. The normalized spacial score (nSPS) is 23.1. The maximum absolute atomic E-state index is 12.2. The van der Waals surface area contributed by atoms with E-state index in [9.17, 15) is 9.90 Å². The van der Waals surface area contributed by atoms with Crippen molar-refractivity contribution in [2.45, 2.75) is 47.0 Å². The van der Waals surface area contributed by atoms with Crippen molar-refractivity contribution in [3.05, 3.63) is 70.0 Å². The first kappa shape index (κ1) is 22.1. The molecule has 4 rings (SSSR count). The van der Waals surface area contributed by atoms with Crippen LogP contribution in [0.15, 0.2) is 47.2 Å². The number of hydrogen-bond donors (Lipinski definition) is 2. The number of nitrogens with one attached hydrogen (secondary N) is 1. The van der Waals surface area contributed by atoms with E-state index >= 15 is 0 Å². The summed E-state index contributed by atoms with van der Waals surface area (Å²) in [7, 11) is 0. The Hall–Kier alpha value is -3.08. The first-order chi connectivity index (χ1) is 15.3. The third-order valence-corrected chi connectivity index (χ3v) is 6.57. The van der Waals surface area contributed by atoms with Crippen molar-refractivity contribution in [2.75, 3.05) is 18.4 Å². The Labute approximate surface area is 190 Å². The molecule has 0 saturated carbocycles. The number of allylic oxidation sites excluding steroid dienone is 2. The van der Waals surface area contributed by atoms with Gasteiger partial charge >= 0.3 is 5.97 Å². The minimum Gasteiger partial charge on any atom is -0.478 e. The quantitative estimate of drug-likeness (QED) is 0.612. The first-order valence-electron chi connectivity index (χ1n) is 11.5. The van der Waals surface area contributed by atoms with Gasteiger partial charge in [0, 0.05) is 48.0 Å². The number of rotatable bonds is 5. The highest BCUT2D eigenvalue weighted by Crippen LogP contribution is 2.51. The van der Waals surface area contributed by atoms with Gasteiger partial charge in [0.15, 0.2) is 0 Å². The molecule has 0 spiro atoms. The van der Waals surface area contributed by atoms with E-state index in [2.05, 4.69) is 49.3 Å². The van der Waals surface area contributed by atoms with Crippen LogP contribution in [0.25, 0.3) is 0 Å². The van der Waals surface area contributed by atoms with Gasteiger partial charge in [-0.25, -0.2) is 4.79 Å². The molecular weight excluding hydrogens is 400 g/mol. The van der Waals surface area contributed by atoms with Gasteiger partial charge in [0.25, 0.3) is 0 Å². The van der Waals surface area contributed by atoms with Gasteiger partial charge in [-0.05, 0) is 69.4 Å². The van der Waals surface area contributed by atoms with Gasteiger partial charge < -0.3 is 15.2 Å². The van der Waals surface area contributed by atoms with Crippen molar-refractivity contribution >= 4 is 17.4 Å². The third-order valence-electron chi connectivity index (χ3n) is 6.57. The number of hydrogen-bond acceptors (Lipinski definition) is 4. The molecule has 3 unspecified atom stereocenters. The lowest BCUT2D eigenvalue weighted by molar-refractivity contribution is 0.0694. The van der Waals surface area contributed by atoms with E-state index < -0.39 is 5.97 Å². The number of aliphatic imine (C=N–C) groups is 1. The maximum Gasteiger partial charge on any atom is 0.335 e. The molecule has 5 nitrogen and oxygen atoms in total. The number of ether oxygens (including phenoxy) is 1. The minimum atomic E-state index is -0.889. The van der Waals surface area contributed by atoms with E-state index in [4.69, 9.17) is 4.74 Å². The number of carboxylic acid groups (broad SMARTS) is 1. The first-order valence-corrected chi connectivity index (χ1v) is 11.5. The number of fused-ring (bicyclic) bond motifs is 2. The monoisotopic (exact) mass is 432 g/mol. The number of aryl methyl sites for hydroxylation is 2. The van der Waals surface area contributed by atoms with Crippen molar-refractivity contribution in [1.82, 2.24) is 0 Å². The van der Waals surface area contributed by atoms with Crippen LogP contribution in [-0.2, 0) is 0 Å². The van der Waals surface area contributed by atoms with Crippen LogP contribution in [0.1, 0.15) is 65.7 Å². The highest BCUT2D eigenvalue weighted by Gasteiger charge is 2.41. The van der Waals surface area contributed by atoms with Gasteiger partial charge in [0.1, 0.15) is 11.5 Å². The highest BCUT2D eigenvalue weighted by molar-refractivity contribution is 5.98. The summed E-state index contributed by atoms with van der Waals surface area (Å²) in [6.07, 6.45) is 2.95. The average Bonchev–Trinajstić information content (AvgIpc) is 2.74. The largest absolute Gasteiger partial charge is 0.478 e. The number of nitrogens with zero attached hydrogens (tertiary/aromatic N) is 1. The Kier molecular flexibility index (Phi) is 6.09. The predicted molar refractivity (Wildman–Crippen MR) is 129 cm³/mol. The molecule has 0 amide bonds. The van der Waals surface area contributed by atoms with E-state index in [0.29, 0.717) is 5.56 Å². The Morgan fingerprint density at radius 3 is 2.66 bits per heavy atom. The Morgan fingerprint density at radius 2 is 1.97 bits per heavy atom. The molecule has 0 radical (unpaired) electrons. The molecule has 1 aliphatic heterocycles. The van der Waals surface area contributed by atoms with Crippen molar-refractivity contribution in [2.24, 2.45) is 16.8 Å². The van der Waals surface area contributed by atoms with Crippen LogP contribution in [0.2, 0.25) is 0 Å². The molecule has 1 aliphatic carbocycles. The summed E-state index contributed by atoms with van der Waals surface area (Å²) >= 11 is 0. The summed E-state index contributed by atoms with van der Waals surface area (Å²) in [6.45, 7) is 11.9. The number of carboxylic acids is 1. The van der Waals surface area contributed by atoms with E-state index in [1.165, 1.54) is 0 Å². The van der Waals surface area contributed by atoms with Crippen molar-refractivity contribution < 1.29 is 14.6 Å². The number of aromatic carboxylic acids is 1. The van der Waals surface area contributed by atoms with Gasteiger partial charge in [-0.1, -0.05) is 24.6 Å². The van der Waals surface area contributed by atoms with E-state index in [1.54, 1.807) is 6.07 Å². The fourth-order valence-corrected chi connectivity index (χ4v) is 5.08. The molecular formula is C27H32N2O3. The molecule has 0 saturated heterocycles. The zero-order valence-corrected chi connectivity index (χ0v) is 19.5. The van der Waals surface area contributed by atoms with E-state index in [-0.39, 0.29) is 17.8 Å². The van der Waals surface area contributed by atoms with Crippen molar-refractivity contribution in [3.8, 4) is 5.75 Å². The molecule has 32 heavy (non-hydrogen) atoms. The molecule has 0 fully saturated rings. The summed E-state index contributed by atoms with van der Waals surface area (Å²) in [4.78, 5) is 16.9. The van der Waals surface area contributed by atoms with Crippen molar-refractivity contribution in [1.29, 1.82) is 0 Å². The van der Waals surface area contributed by atoms with Gasteiger partial charge in [-0.3, -0.25) is 4.99 Å². The van der Waals surface area contributed by atoms with Crippen LogP contribution in [0.3, 0.4) is 0 Å². The topological polar surface area (TPSA) is 70.9 Å². The zero-order valence-electron chi connectivity index (χ0n) is 19.5. The summed E-state index contributed by atoms with van der Waals surface area (Å²) in [5, 5.41) is 13.4. The number of anilines is 1. The molecule has 0 aromatic heterocycles. The van der Waals surface area contributed by atoms with Gasteiger partial charge in [-0.2, -0.15) is 0 Å². The third kappa shape index (κ3) is 3.92. The lowest BCUT2D eigenvalue weighted by Gasteiger charge is -2.40. The second-order valence-corrected chi connectivity index (χ2v) is 8.90. The Bertz CT molecular complexity index is 1120. The molecule has 0 bridgehead atoms. The van der Waals surface area contributed by atoms with Gasteiger partial charge in [-0.15, -0.1) is 0 Å². The Balaban J connectivity index is 1.95. The van der Waals surface area contributed by atoms with E-state index in [0.717, 1.165) is 64.7 Å². The van der Waals surface area contributed by atoms with Crippen LogP contribution in [0.4, 0.5) is 5.69 Å². The maximum atomic E-state index is 12.2. The summed E-state index contributed by atoms with van der Waals surface area (Å²) < 4.78 is 6.47. The van der Waals surface area contributed by atoms with Gasteiger partial charge in [0.05, 0.1) is 5.56 Å². The van der Waals surface area contributed by atoms with Crippen LogP contribution >= 0.6 is 0 Å². The summed E-state index contributed by atoms with van der Waals surface area (Å²) in [6, 6.07) is 10.0. The molecule has 2 aromatic carbocycles. The molecule has 2 aromatic rings. The molecule has 2 aliphatic rings. The molecule has 5 heteroatoms. The summed E-state index contributed by atoms with van der Waals surface area (Å²) in [5.74, 6) is 1.06. The number of carbonyl (C=O) groups is 1. The van der Waals surface area contributed by atoms with Gasteiger partial charge in [0.2, 0.25) is 0 Å². The van der Waals surface area contributed by atoms with Crippen LogP contribution < -0.4 is 10.1 Å². The van der Waals surface area contributed by atoms with Crippen LogP contribution in [-0.4, -0.2) is 29.9 Å². The van der Waals surface area contributed by atoms with E-state index in [1.807, 2.05) is 26.0 Å². The van der Waals surface area contributed by atoms with Crippen LogP contribution in [0.5, 0.6) is 5.75 Å².